The molecule has 0 bridgehead atoms. The molecule has 0 spiro atoms. The summed E-state index contributed by atoms with van der Waals surface area (Å²) in [6.45, 7) is 8.44. The molecule has 4 aromatic rings. The van der Waals surface area contributed by atoms with Crippen molar-refractivity contribution in [3.05, 3.63) is 117 Å². The first-order valence-corrected chi connectivity index (χ1v) is 14.3. The molecule has 0 fully saturated rings. The van der Waals surface area contributed by atoms with Crippen LogP contribution in [-0.4, -0.2) is 27.8 Å². The van der Waals surface area contributed by atoms with Crippen LogP contribution in [0, 0.1) is 13.8 Å². The number of carbonyl (C=O) groups is 2. The average molecular weight is 561 g/mol. The summed E-state index contributed by atoms with van der Waals surface area (Å²) in [6.07, 6.45) is 2.09. The van der Waals surface area contributed by atoms with Gasteiger partial charge in [0, 0.05) is 23.2 Å². The molecule has 0 radical (unpaired) electrons. The molecule has 4 rings (SSSR count). The Hall–Kier alpha value is -3.77. The van der Waals surface area contributed by atoms with Gasteiger partial charge in [-0.1, -0.05) is 74.5 Å². The monoisotopic (exact) mass is 560 g/mol. The summed E-state index contributed by atoms with van der Waals surface area (Å²) in [6, 6.07) is 19.2. The van der Waals surface area contributed by atoms with Crippen molar-refractivity contribution in [2.75, 3.05) is 5.88 Å². The molecule has 0 unspecified atom stereocenters. The summed E-state index contributed by atoms with van der Waals surface area (Å²) in [5.74, 6) is -0.536. The number of aromatic amines is 2. The number of benzene rings is 2. The minimum Gasteiger partial charge on any atom is -0.456 e. The van der Waals surface area contributed by atoms with E-state index in [9.17, 15) is 9.59 Å². The van der Waals surface area contributed by atoms with Crippen LogP contribution in [0.15, 0.2) is 60.7 Å². The molecule has 0 saturated carbocycles. The zero-order valence-electron chi connectivity index (χ0n) is 23.6. The van der Waals surface area contributed by atoms with E-state index in [2.05, 4.69) is 23.8 Å². The van der Waals surface area contributed by atoms with Crippen LogP contribution in [0.5, 0.6) is 0 Å². The van der Waals surface area contributed by atoms with Crippen LogP contribution in [0.3, 0.4) is 0 Å². The summed E-state index contributed by atoms with van der Waals surface area (Å²) in [5, 5.41) is 0. The van der Waals surface area contributed by atoms with Gasteiger partial charge in [-0.15, -0.1) is 11.6 Å². The predicted molar refractivity (Wildman–Crippen MR) is 158 cm³/mol. The number of rotatable bonds is 12. The van der Waals surface area contributed by atoms with Crippen LogP contribution in [0.1, 0.15) is 91.9 Å². The van der Waals surface area contributed by atoms with E-state index in [4.69, 9.17) is 21.1 Å². The molecule has 40 heavy (non-hydrogen) atoms. The zero-order chi connectivity index (χ0) is 28.6. The van der Waals surface area contributed by atoms with Crippen molar-refractivity contribution in [2.24, 2.45) is 0 Å². The first-order chi connectivity index (χ1) is 19.4. The molecule has 2 heterocycles. The molecular weight excluding hydrogens is 524 g/mol. The van der Waals surface area contributed by atoms with Gasteiger partial charge in [-0.25, -0.2) is 9.59 Å². The second kappa shape index (κ2) is 13.5. The number of aromatic nitrogens is 2. The number of nitrogens with one attached hydrogen (secondary N) is 2. The summed E-state index contributed by atoms with van der Waals surface area (Å²) < 4.78 is 11.3. The number of hydrogen-bond acceptors (Lipinski definition) is 4. The van der Waals surface area contributed by atoms with Gasteiger partial charge in [0.05, 0.1) is 0 Å². The minimum absolute atomic E-state index is 0.161. The molecule has 0 atom stereocenters. The minimum atomic E-state index is -0.393. The van der Waals surface area contributed by atoms with E-state index in [-0.39, 0.29) is 19.1 Å². The van der Waals surface area contributed by atoms with E-state index in [0.717, 1.165) is 57.6 Å². The summed E-state index contributed by atoms with van der Waals surface area (Å²) >= 11 is 6.33. The first kappa shape index (κ1) is 29.2. The highest BCUT2D eigenvalue weighted by Gasteiger charge is 2.30. The Bertz CT molecular complexity index is 1330. The van der Waals surface area contributed by atoms with Crippen molar-refractivity contribution in [3.8, 4) is 0 Å². The number of alkyl halides is 1. The van der Waals surface area contributed by atoms with Crippen LogP contribution >= 0.6 is 11.6 Å². The lowest BCUT2D eigenvalue weighted by Gasteiger charge is -2.18. The normalized spacial score (nSPS) is 11.2. The van der Waals surface area contributed by atoms with Crippen LogP contribution < -0.4 is 0 Å². The van der Waals surface area contributed by atoms with Gasteiger partial charge >= 0.3 is 11.9 Å². The topological polar surface area (TPSA) is 84.2 Å². The van der Waals surface area contributed by atoms with Gasteiger partial charge < -0.3 is 19.4 Å². The maximum Gasteiger partial charge on any atom is 0.355 e. The zero-order valence-corrected chi connectivity index (χ0v) is 24.4. The lowest BCUT2D eigenvalue weighted by atomic mass is 9.90. The SMILES string of the molecule is CCc1c(C(CCCl)c2[nH]c(C(=O)OCc3ccccc3)c(C)c2CC)[nH]c(C(=O)OCc2ccccc2)c1C. The maximum absolute atomic E-state index is 13.1. The second-order valence-electron chi connectivity index (χ2n) is 9.90. The number of ether oxygens (including phenoxy) is 2. The number of halogens is 1. The smallest absolute Gasteiger partial charge is 0.355 e. The van der Waals surface area contributed by atoms with Crippen LogP contribution in [0.25, 0.3) is 0 Å². The van der Waals surface area contributed by atoms with Gasteiger partial charge in [0.15, 0.2) is 0 Å². The van der Waals surface area contributed by atoms with Gasteiger partial charge in [0.25, 0.3) is 0 Å². The van der Waals surface area contributed by atoms with E-state index in [1.54, 1.807) is 0 Å². The first-order valence-electron chi connectivity index (χ1n) is 13.8. The molecule has 210 valence electrons. The molecule has 0 aliphatic rings. The van der Waals surface area contributed by atoms with Crippen molar-refractivity contribution in [2.45, 2.75) is 66.1 Å². The molecule has 0 aliphatic heterocycles. The Morgan fingerprint density at radius 3 is 1.48 bits per heavy atom. The Balaban J connectivity index is 1.65. The molecule has 0 saturated heterocycles. The molecule has 2 N–H and O–H groups in total. The predicted octanol–water partition coefficient (Wildman–Crippen LogP) is 7.56. The van der Waals surface area contributed by atoms with Gasteiger partial charge in [0.2, 0.25) is 0 Å². The Morgan fingerprint density at radius 2 is 1.12 bits per heavy atom. The molecule has 7 heteroatoms. The summed E-state index contributed by atoms with van der Waals surface area (Å²) in [5.41, 5.74) is 8.47. The van der Waals surface area contributed by atoms with E-state index in [1.165, 1.54) is 0 Å². The average Bonchev–Trinajstić information content (AvgIpc) is 3.50. The summed E-state index contributed by atoms with van der Waals surface area (Å²) in [4.78, 5) is 33.1. The standard InChI is InChI=1S/C33H37ClN2O4/c1-5-25-21(3)28(32(37)39-19-23-13-9-7-10-14-23)35-30(25)27(17-18-34)31-26(6-2)22(4)29(36-31)33(38)40-20-24-15-11-8-12-16-24/h7-16,27,35-36H,5-6,17-20H2,1-4H3. The van der Waals surface area contributed by atoms with Crippen molar-refractivity contribution >= 4 is 23.5 Å². The highest BCUT2D eigenvalue weighted by Crippen LogP contribution is 2.37. The van der Waals surface area contributed by atoms with Crippen molar-refractivity contribution < 1.29 is 19.1 Å². The fourth-order valence-corrected chi connectivity index (χ4v) is 5.58. The van der Waals surface area contributed by atoms with Crippen LogP contribution in [0.4, 0.5) is 0 Å². The number of H-pyrrole nitrogens is 2. The maximum atomic E-state index is 13.1. The molecular formula is C33H37ClN2O4. The van der Waals surface area contributed by atoms with E-state index in [1.807, 2.05) is 74.5 Å². The third kappa shape index (κ3) is 6.34. The lowest BCUT2D eigenvalue weighted by molar-refractivity contribution is 0.0457. The fraction of sp³-hybridized carbons (Fsp3) is 0.333. The second-order valence-corrected chi connectivity index (χ2v) is 10.3. The number of carbonyl (C=O) groups excluding carboxylic acids is 2. The van der Waals surface area contributed by atoms with Gasteiger partial charge in [-0.3, -0.25) is 0 Å². The highest BCUT2D eigenvalue weighted by molar-refractivity contribution is 6.17. The van der Waals surface area contributed by atoms with E-state index in [0.29, 0.717) is 23.7 Å². The largest absolute Gasteiger partial charge is 0.456 e. The van der Waals surface area contributed by atoms with Crippen LogP contribution in [-0.2, 0) is 35.5 Å². The quantitative estimate of drug-likeness (QED) is 0.138. The van der Waals surface area contributed by atoms with E-state index >= 15 is 0 Å². The third-order valence-corrected chi connectivity index (χ3v) is 7.68. The summed E-state index contributed by atoms with van der Waals surface area (Å²) in [7, 11) is 0. The van der Waals surface area contributed by atoms with Crippen molar-refractivity contribution in [1.82, 2.24) is 9.97 Å². The van der Waals surface area contributed by atoms with Crippen molar-refractivity contribution in [3.63, 3.8) is 0 Å². The highest BCUT2D eigenvalue weighted by atomic mass is 35.5. The Kier molecular flexibility index (Phi) is 9.88. The molecule has 0 amide bonds. The van der Waals surface area contributed by atoms with Crippen molar-refractivity contribution in [1.29, 1.82) is 0 Å². The Morgan fingerprint density at radius 1 is 0.725 bits per heavy atom. The fourth-order valence-electron chi connectivity index (χ4n) is 5.36. The molecule has 2 aromatic carbocycles. The molecule has 6 nitrogen and oxygen atoms in total. The molecule has 0 aliphatic carbocycles. The number of esters is 2. The van der Waals surface area contributed by atoms with E-state index < -0.39 is 11.9 Å². The van der Waals surface area contributed by atoms with Gasteiger partial charge in [-0.2, -0.15) is 0 Å². The lowest BCUT2D eigenvalue weighted by Crippen LogP contribution is -2.10. The third-order valence-electron chi connectivity index (χ3n) is 7.46. The van der Waals surface area contributed by atoms with Gasteiger partial charge in [0.1, 0.15) is 24.6 Å². The number of hydrogen-bond donors (Lipinski definition) is 2. The Labute approximate surface area is 241 Å². The molecule has 2 aromatic heterocycles. The van der Waals surface area contributed by atoms with Gasteiger partial charge in [-0.05, 0) is 66.5 Å². The van der Waals surface area contributed by atoms with Crippen LogP contribution in [0.2, 0.25) is 0 Å².